The zero-order chi connectivity index (χ0) is 17.9. The summed E-state index contributed by atoms with van der Waals surface area (Å²) >= 11 is 7.68. The summed E-state index contributed by atoms with van der Waals surface area (Å²) in [7, 11) is 0. The molecule has 0 N–H and O–H groups in total. The summed E-state index contributed by atoms with van der Waals surface area (Å²) in [5.41, 5.74) is 1.17. The molecule has 0 radical (unpaired) electrons. The summed E-state index contributed by atoms with van der Waals surface area (Å²) in [4.78, 5) is 20.5. The molecule has 0 unspecified atom stereocenters. The Labute approximate surface area is 159 Å². The molecule has 0 aliphatic heterocycles. The highest BCUT2D eigenvalue weighted by Crippen LogP contribution is 2.17. The lowest BCUT2D eigenvalue weighted by molar-refractivity contribution is 0.226. The maximum Gasteiger partial charge on any atom is 0.258 e. The summed E-state index contributed by atoms with van der Waals surface area (Å²) in [5.74, 6) is 0.880. The number of halogens is 1. The molecule has 0 bridgehead atoms. The van der Waals surface area contributed by atoms with Crippen LogP contribution in [0.3, 0.4) is 0 Å². The average Bonchev–Trinajstić information content (AvgIpc) is 3.30. The molecule has 0 aliphatic rings. The van der Waals surface area contributed by atoms with Crippen LogP contribution in [0, 0.1) is 0 Å². The second kappa shape index (κ2) is 7.45. The SMILES string of the molecule is O=c1cc(CN(Cc2ccco2)Cc2cccs2)nc2ccc(Cl)cn12. The zero-order valence-electron chi connectivity index (χ0n) is 13.8. The number of fused-ring (bicyclic) bond motifs is 1. The molecule has 4 aromatic heterocycles. The molecular weight excluding hydrogens is 370 g/mol. The molecule has 0 saturated carbocycles. The van der Waals surface area contributed by atoms with Crippen molar-refractivity contribution in [1.29, 1.82) is 0 Å². The number of rotatable bonds is 6. The summed E-state index contributed by atoms with van der Waals surface area (Å²) in [6.45, 7) is 1.96. The minimum atomic E-state index is -0.137. The molecule has 0 saturated heterocycles. The zero-order valence-corrected chi connectivity index (χ0v) is 15.4. The fourth-order valence-electron chi connectivity index (χ4n) is 2.85. The highest BCUT2D eigenvalue weighted by atomic mass is 35.5. The van der Waals surface area contributed by atoms with Gasteiger partial charge in [-0.2, -0.15) is 0 Å². The number of aromatic nitrogens is 2. The highest BCUT2D eigenvalue weighted by molar-refractivity contribution is 7.09. The fraction of sp³-hybridized carbons (Fsp3) is 0.158. The van der Waals surface area contributed by atoms with Crippen LogP contribution < -0.4 is 5.56 Å². The van der Waals surface area contributed by atoms with E-state index in [1.54, 1.807) is 42.0 Å². The van der Waals surface area contributed by atoms with Gasteiger partial charge in [0.25, 0.3) is 5.56 Å². The van der Waals surface area contributed by atoms with E-state index in [1.165, 1.54) is 9.28 Å². The molecule has 7 heteroatoms. The molecule has 0 spiro atoms. The molecule has 0 aliphatic carbocycles. The van der Waals surface area contributed by atoms with Crippen LogP contribution in [0.25, 0.3) is 5.65 Å². The smallest absolute Gasteiger partial charge is 0.258 e. The molecule has 5 nitrogen and oxygen atoms in total. The Morgan fingerprint density at radius 1 is 1.15 bits per heavy atom. The number of hydrogen-bond donors (Lipinski definition) is 0. The summed E-state index contributed by atoms with van der Waals surface area (Å²) in [6.07, 6.45) is 3.26. The van der Waals surface area contributed by atoms with Crippen molar-refractivity contribution in [2.75, 3.05) is 0 Å². The van der Waals surface area contributed by atoms with Gasteiger partial charge in [-0.15, -0.1) is 11.3 Å². The van der Waals surface area contributed by atoms with Crippen LogP contribution in [0.1, 0.15) is 16.3 Å². The Hall–Kier alpha value is -2.41. The van der Waals surface area contributed by atoms with Crippen molar-refractivity contribution in [2.45, 2.75) is 19.6 Å². The van der Waals surface area contributed by atoms with E-state index in [1.807, 2.05) is 18.2 Å². The maximum atomic E-state index is 12.4. The van der Waals surface area contributed by atoms with Crippen LogP contribution in [0.5, 0.6) is 0 Å². The number of furan rings is 1. The summed E-state index contributed by atoms with van der Waals surface area (Å²) < 4.78 is 6.95. The van der Waals surface area contributed by atoms with Crippen LogP contribution in [-0.2, 0) is 19.6 Å². The largest absolute Gasteiger partial charge is 0.468 e. The van der Waals surface area contributed by atoms with Crippen molar-refractivity contribution < 1.29 is 4.42 Å². The van der Waals surface area contributed by atoms with E-state index in [0.717, 1.165) is 18.0 Å². The third-order valence-electron chi connectivity index (χ3n) is 3.98. The standard InChI is InChI=1S/C19H16ClN3O2S/c20-14-5-6-18-21-15(9-19(24)23(18)10-14)11-22(12-16-3-1-7-25-16)13-17-4-2-8-26-17/h1-10H,11-13H2. The second-order valence-corrected chi connectivity index (χ2v) is 7.43. The van der Waals surface area contributed by atoms with Crippen LogP contribution in [0.4, 0.5) is 0 Å². The first-order chi connectivity index (χ1) is 12.7. The normalized spacial score (nSPS) is 11.5. The lowest BCUT2D eigenvalue weighted by Gasteiger charge is -2.20. The second-order valence-electron chi connectivity index (χ2n) is 5.97. The van der Waals surface area contributed by atoms with E-state index in [4.69, 9.17) is 16.0 Å². The van der Waals surface area contributed by atoms with Gasteiger partial charge in [0.2, 0.25) is 0 Å². The summed E-state index contributed by atoms with van der Waals surface area (Å²) in [6, 6.07) is 13.0. The number of hydrogen-bond acceptors (Lipinski definition) is 5. The monoisotopic (exact) mass is 385 g/mol. The number of nitrogens with zero attached hydrogens (tertiary/aromatic N) is 3. The lowest BCUT2D eigenvalue weighted by Crippen LogP contribution is -2.24. The lowest BCUT2D eigenvalue weighted by atomic mass is 10.3. The Kier molecular flexibility index (Phi) is 4.88. The van der Waals surface area contributed by atoms with Gasteiger partial charge in [0, 0.05) is 30.2 Å². The van der Waals surface area contributed by atoms with Gasteiger partial charge in [0.1, 0.15) is 11.4 Å². The molecule has 4 rings (SSSR count). The first-order valence-corrected chi connectivity index (χ1v) is 9.38. The fourth-order valence-corrected chi connectivity index (χ4v) is 3.76. The summed E-state index contributed by atoms with van der Waals surface area (Å²) in [5, 5.41) is 2.57. The van der Waals surface area contributed by atoms with Gasteiger partial charge in [-0.25, -0.2) is 4.98 Å². The van der Waals surface area contributed by atoms with E-state index >= 15 is 0 Å². The van der Waals surface area contributed by atoms with E-state index in [0.29, 0.717) is 23.8 Å². The van der Waals surface area contributed by atoms with Gasteiger partial charge in [-0.3, -0.25) is 14.1 Å². The average molecular weight is 386 g/mol. The Morgan fingerprint density at radius 2 is 2.08 bits per heavy atom. The van der Waals surface area contributed by atoms with Crippen molar-refractivity contribution in [3.05, 3.63) is 92.0 Å². The van der Waals surface area contributed by atoms with E-state index in [-0.39, 0.29) is 5.56 Å². The number of thiophene rings is 1. The van der Waals surface area contributed by atoms with Crippen LogP contribution in [-0.4, -0.2) is 14.3 Å². The first-order valence-electron chi connectivity index (χ1n) is 8.12. The van der Waals surface area contributed by atoms with E-state index < -0.39 is 0 Å². The molecule has 4 heterocycles. The molecular formula is C19H16ClN3O2S. The molecule has 0 atom stereocenters. The van der Waals surface area contributed by atoms with Crippen LogP contribution in [0.15, 0.2) is 69.5 Å². The topological polar surface area (TPSA) is 50.8 Å². The van der Waals surface area contributed by atoms with E-state index in [2.05, 4.69) is 21.3 Å². The van der Waals surface area contributed by atoms with Crippen molar-refractivity contribution in [1.82, 2.24) is 14.3 Å². The minimum absolute atomic E-state index is 0.137. The molecule has 132 valence electrons. The predicted molar refractivity (Wildman–Crippen MR) is 102 cm³/mol. The van der Waals surface area contributed by atoms with Gasteiger partial charge in [-0.1, -0.05) is 17.7 Å². The molecule has 26 heavy (non-hydrogen) atoms. The van der Waals surface area contributed by atoms with Crippen LogP contribution in [0.2, 0.25) is 5.02 Å². The quantitative estimate of drug-likeness (QED) is 0.499. The van der Waals surface area contributed by atoms with Gasteiger partial charge >= 0.3 is 0 Å². The molecule has 0 aromatic carbocycles. The Bertz CT molecular complexity index is 1020. The predicted octanol–water partition coefficient (Wildman–Crippen LogP) is 4.20. The maximum absolute atomic E-state index is 12.4. The van der Waals surface area contributed by atoms with Crippen molar-refractivity contribution >= 4 is 28.6 Å². The van der Waals surface area contributed by atoms with Gasteiger partial charge in [0.05, 0.1) is 23.5 Å². The first kappa shape index (κ1) is 17.0. The Morgan fingerprint density at radius 3 is 2.85 bits per heavy atom. The van der Waals surface area contributed by atoms with Gasteiger partial charge in [0.15, 0.2) is 0 Å². The van der Waals surface area contributed by atoms with E-state index in [9.17, 15) is 4.79 Å². The van der Waals surface area contributed by atoms with Crippen molar-refractivity contribution in [3.8, 4) is 0 Å². The minimum Gasteiger partial charge on any atom is -0.468 e. The molecule has 0 fully saturated rings. The third-order valence-corrected chi connectivity index (χ3v) is 5.07. The van der Waals surface area contributed by atoms with Gasteiger partial charge in [-0.05, 0) is 35.7 Å². The third kappa shape index (κ3) is 3.88. The molecule has 0 amide bonds. The van der Waals surface area contributed by atoms with Gasteiger partial charge < -0.3 is 4.42 Å². The highest BCUT2D eigenvalue weighted by Gasteiger charge is 2.13. The Balaban J connectivity index is 1.63. The van der Waals surface area contributed by atoms with Crippen molar-refractivity contribution in [3.63, 3.8) is 0 Å². The van der Waals surface area contributed by atoms with Crippen molar-refractivity contribution in [2.24, 2.45) is 0 Å². The van der Waals surface area contributed by atoms with Crippen LogP contribution >= 0.6 is 22.9 Å². The molecule has 4 aromatic rings. The number of pyridine rings is 1.